The first-order valence-corrected chi connectivity index (χ1v) is 13.6. The van der Waals surface area contributed by atoms with E-state index in [1.54, 1.807) is 0 Å². The van der Waals surface area contributed by atoms with Gasteiger partial charge in [-0.15, -0.1) is 0 Å². The number of allylic oxidation sites excluding steroid dienone is 2. The molecule has 8 heteroatoms. The Kier molecular flexibility index (Phi) is 12.8. The fourth-order valence-corrected chi connectivity index (χ4v) is 4.18. The molecule has 0 aromatic heterocycles. The first kappa shape index (κ1) is 28.5. The van der Waals surface area contributed by atoms with Crippen molar-refractivity contribution < 1.29 is 4.18 Å². The van der Waals surface area contributed by atoms with Gasteiger partial charge in [0.05, 0.1) is 6.61 Å². The van der Waals surface area contributed by atoms with E-state index in [-0.39, 0.29) is 6.29 Å². The Morgan fingerprint density at radius 1 is 0.973 bits per heavy atom. The molecule has 0 bridgehead atoms. The molecule has 37 heavy (non-hydrogen) atoms. The molecule has 0 saturated heterocycles. The Morgan fingerprint density at radius 3 is 2.46 bits per heavy atom. The van der Waals surface area contributed by atoms with Crippen LogP contribution in [0.15, 0.2) is 82.5 Å². The average molecular weight is 521 g/mol. The maximum atomic E-state index is 5.74. The number of likely N-dealkylation sites (N-methyl/N-ethyl adjacent to an activating group) is 1. The van der Waals surface area contributed by atoms with E-state index in [1.165, 1.54) is 12.0 Å². The number of nitrogens with one attached hydrogen (secondary N) is 4. The first-order valence-electron chi connectivity index (χ1n) is 12.8. The van der Waals surface area contributed by atoms with Crippen LogP contribution < -0.4 is 21.3 Å². The van der Waals surface area contributed by atoms with Crippen LogP contribution in [0.1, 0.15) is 24.5 Å². The number of anilines is 1. The fourth-order valence-electron chi connectivity index (χ4n) is 3.60. The summed E-state index contributed by atoms with van der Waals surface area (Å²) in [6.45, 7) is 6.83. The van der Waals surface area contributed by atoms with Crippen LogP contribution >= 0.6 is 12.0 Å². The van der Waals surface area contributed by atoms with E-state index in [0.29, 0.717) is 0 Å². The Balaban J connectivity index is 1.41. The molecule has 3 rings (SSSR count). The van der Waals surface area contributed by atoms with E-state index in [1.807, 2.05) is 38.6 Å². The molecule has 0 amide bonds. The minimum absolute atomic E-state index is 0.155. The molecule has 1 heterocycles. The molecule has 0 fully saturated rings. The van der Waals surface area contributed by atoms with Crippen molar-refractivity contribution >= 4 is 36.1 Å². The van der Waals surface area contributed by atoms with Crippen molar-refractivity contribution in [2.75, 3.05) is 52.2 Å². The summed E-state index contributed by atoms with van der Waals surface area (Å²) >= 11 is 1.42. The number of hydrogen-bond donors (Lipinski definition) is 4. The first-order chi connectivity index (χ1) is 18.2. The second kappa shape index (κ2) is 16.7. The largest absolute Gasteiger partial charge is 0.394 e. The summed E-state index contributed by atoms with van der Waals surface area (Å²) in [5.74, 6) is 0. The van der Waals surface area contributed by atoms with Crippen molar-refractivity contribution in [1.29, 1.82) is 0 Å². The maximum absolute atomic E-state index is 5.74. The van der Waals surface area contributed by atoms with Gasteiger partial charge >= 0.3 is 0 Å². The summed E-state index contributed by atoms with van der Waals surface area (Å²) in [5.41, 5.74) is 4.38. The molecule has 0 aliphatic carbocycles. The van der Waals surface area contributed by atoms with Gasteiger partial charge in [-0.2, -0.15) is 0 Å². The average Bonchev–Trinajstić information content (AvgIpc) is 2.92. The highest BCUT2D eigenvalue weighted by Crippen LogP contribution is 2.23. The Bertz CT molecular complexity index is 1050. The second-order valence-electron chi connectivity index (χ2n) is 8.56. The molecule has 198 valence electrons. The Hall–Kier alpha value is -3.04. The molecule has 0 spiro atoms. The van der Waals surface area contributed by atoms with Gasteiger partial charge in [0.1, 0.15) is 0 Å². The van der Waals surface area contributed by atoms with Gasteiger partial charge in [-0.3, -0.25) is 0 Å². The molecule has 0 saturated carbocycles. The van der Waals surface area contributed by atoms with Crippen molar-refractivity contribution in [3.8, 4) is 0 Å². The highest BCUT2D eigenvalue weighted by Gasteiger charge is 2.14. The molecule has 1 aliphatic heterocycles. The predicted octanol–water partition coefficient (Wildman–Crippen LogP) is 4.80. The molecule has 0 radical (unpaired) electrons. The smallest absolute Gasteiger partial charge is 0.195 e. The van der Waals surface area contributed by atoms with Crippen LogP contribution in [-0.4, -0.2) is 64.3 Å². The van der Waals surface area contributed by atoms with Crippen LogP contribution in [0.2, 0.25) is 0 Å². The topological polar surface area (TPSA) is 72.9 Å². The number of rotatable bonds is 16. The van der Waals surface area contributed by atoms with E-state index < -0.39 is 0 Å². The fraction of sp³-hybridized carbons (Fsp3) is 0.345. The highest BCUT2D eigenvalue weighted by atomic mass is 32.2. The maximum Gasteiger partial charge on any atom is 0.195 e. The van der Waals surface area contributed by atoms with Crippen LogP contribution in [-0.2, 0) is 4.18 Å². The van der Waals surface area contributed by atoms with E-state index >= 15 is 0 Å². The lowest BCUT2D eigenvalue weighted by Crippen LogP contribution is -2.35. The van der Waals surface area contributed by atoms with E-state index in [2.05, 4.69) is 93.9 Å². The van der Waals surface area contributed by atoms with Crippen LogP contribution in [0.3, 0.4) is 0 Å². The Labute approximate surface area is 226 Å². The van der Waals surface area contributed by atoms with E-state index in [4.69, 9.17) is 9.18 Å². The van der Waals surface area contributed by atoms with Crippen molar-refractivity contribution in [3.63, 3.8) is 0 Å². The summed E-state index contributed by atoms with van der Waals surface area (Å²) in [4.78, 5) is 7.86. The number of hydrogen-bond acceptors (Lipinski definition) is 8. The molecule has 1 unspecified atom stereocenters. The van der Waals surface area contributed by atoms with Gasteiger partial charge in [-0.1, -0.05) is 43.3 Å². The zero-order valence-electron chi connectivity index (χ0n) is 22.1. The van der Waals surface area contributed by atoms with Gasteiger partial charge < -0.3 is 30.4 Å². The number of aliphatic imine (C=N–C) groups is 1. The van der Waals surface area contributed by atoms with Crippen molar-refractivity contribution in [2.45, 2.75) is 24.5 Å². The van der Waals surface area contributed by atoms with Crippen molar-refractivity contribution in [2.24, 2.45) is 4.99 Å². The summed E-state index contributed by atoms with van der Waals surface area (Å²) in [6, 6.07) is 16.6. The van der Waals surface area contributed by atoms with E-state index in [9.17, 15) is 0 Å². The number of benzene rings is 2. The minimum atomic E-state index is -0.155. The van der Waals surface area contributed by atoms with Crippen LogP contribution in [0.5, 0.6) is 0 Å². The molecular weight excluding hydrogens is 480 g/mol. The normalized spacial score (nSPS) is 15.5. The molecule has 1 aliphatic rings. The summed E-state index contributed by atoms with van der Waals surface area (Å²) in [7, 11) is 3.93. The van der Waals surface area contributed by atoms with Gasteiger partial charge in [0, 0.05) is 67.8 Å². The third-order valence-electron chi connectivity index (χ3n) is 5.60. The Morgan fingerprint density at radius 2 is 1.73 bits per heavy atom. The zero-order chi connectivity index (χ0) is 26.1. The monoisotopic (exact) mass is 520 g/mol. The van der Waals surface area contributed by atoms with Crippen LogP contribution in [0.4, 0.5) is 5.69 Å². The molecule has 7 nitrogen and oxygen atoms in total. The third kappa shape index (κ3) is 10.5. The standard InChI is InChI=1S/C29H40N6OS/c1-4-31-19-20-32-17-7-21-36-37-28-14-12-27(13-15-28)34-29-33-22-24(23-35(29)3)10-11-25-8-5-6-9-26(25)16-18-30-2/h5-6,8-16,18,22-23,29-32,34H,4,7,17,19-21H2,1-3H3/b11-10+,18-16-. The lowest BCUT2D eigenvalue weighted by molar-refractivity contribution is 0.360. The minimum Gasteiger partial charge on any atom is -0.394 e. The van der Waals surface area contributed by atoms with Gasteiger partial charge in [0.2, 0.25) is 0 Å². The molecular formula is C29H40N6OS. The van der Waals surface area contributed by atoms with Gasteiger partial charge in [0.25, 0.3) is 0 Å². The molecule has 2 aromatic rings. The van der Waals surface area contributed by atoms with Crippen LogP contribution in [0, 0.1) is 0 Å². The van der Waals surface area contributed by atoms with Gasteiger partial charge in [0.15, 0.2) is 6.29 Å². The third-order valence-corrected chi connectivity index (χ3v) is 6.35. The molecule has 2 aromatic carbocycles. The second-order valence-corrected chi connectivity index (χ2v) is 9.44. The molecule has 4 N–H and O–H groups in total. The van der Waals surface area contributed by atoms with Gasteiger partial charge in [-0.25, -0.2) is 4.99 Å². The number of nitrogens with zero attached hydrogens (tertiary/aromatic N) is 2. The highest BCUT2D eigenvalue weighted by molar-refractivity contribution is 7.94. The predicted molar refractivity (Wildman–Crippen MR) is 160 cm³/mol. The van der Waals surface area contributed by atoms with E-state index in [0.717, 1.165) is 66.5 Å². The molecule has 1 atom stereocenters. The van der Waals surface area contributed by atoms with Crippen LogP contribution in [0.25, 0.3) is 12.2 Å². The lowest BCUT2D eigenvalue weighted by atomic mass is 10.1. The van der Waals surface area contributed by atoms with Crippen molar-refractivity contribution in [3.05, 3.63) is 83.7 Å². The summed E-state index contributed by atoms with van der Waals surface area (Å²) in [5, 5.41) is 13.2. The van der Waals surface area contributed by atoms with Crippen molar-refractivity contribution in [1.82, 2.24) is 20.9 Å². The SMILES string of the molecule is CCNCCNCCCOSc1ccc(NC2N=CC(/C=C/c3ccccc3/C=C\NC)=CN2C)cc1. The lowest BCUT2D eigenvalue weighted by Gasteiger charge is -2.28. The summed E-state index contributed by atoms with van der Waals surface area (Å²) < 4.78 is 5.74. The van der Waals surface area contributed by atoms with Gasteiger partial charge in [-0.05, 0) is 67.2 Å². The zero-order valence-corrected chi connectivity index (χ0v) is 22.9. The quantitative estimate of drug-likeness (QED) is 0.187. The summed E-state index contributed by atoms with van der Waals surface area (Å²) in [6.07, 6.45) is 13.1.